The van der Waals surface area contributed by atoms with Crippen LogP contribution in [0, 0.1) is 9.81 Å². The Balaban J connectivity index is 0.000000199. The quantitative estimate of drug-likeness (QED) is 0.111. The molecule has 0 saturated heterocycles. The van der Waals surface area contributed by atoms with Gasteiger partial charge in [-0.25, -0.2) is 40.8 Å². The van der Waals surface area contributed by atoms with E-state index in [2.05, 4.69) is 29.9 Å². The van der Waals surface area contributed by atoms with Gasteiger partial charge in [0.2, 0.25) is 0 Å². The number of H-pyrrole nitrogens is 2. The molecule has 6 aromatic rings. The molecular weight excluding hydrogens is 720 g/mol. The molecule has 0 amide bonds. The van der Waals surface area contributed by atoms with E-state index in [0.717, 1.165) is 45.1 Å². The first-order valence-electron chi connectivity index (χ1n) is 9.70. The van der Waals surface area contributed by atoms with Crippen LogP contribution in [0.4, 0.5) is 0 Å². The molecule has 0 bridgehead atoms. The Bertz CT molecular complexity index is 1350. The zero-order valence-electron chi connectivity index (χ0n) is 18.5. The first-order chi connectivity index (χ1) is 17.3. The first-order valence-corrected chi connectivity index (χ1v) is 11.6. The Morgan fingerprint density at radius 3 is 1.30 bits per heavy atom. The van der Waals surface area contributed by atoms with Crippen LogP contribution in [-0.4, -0.2) is 88.2 Å². The number of hydrogen-bond donors (Lipinski definition) is 6. The van der Waals surface area contributed by atoms with E-state index in [1.54, 1.807) is 22.7 Å². The molecule has 6 rings (SSSR count). The third-order valence-electron chi connectivity index (χ3n) is 4.13. The van der Waals surface area contributed by atoms with Gasteiger partial charge in [-0.2, -0.15) is 0 Å². The van der Waals surface area contributed by atoms with Crippen LogP contribution in [-0.2, 0) is 0 Å². The fourth-order valence-corrected chi connectivity index (χ4v) is 3.88. The summed E-state index contributed by atoms with van der Waals surface area (Å²) in [6.07, 6.45) is 0. The summed E-state index contributed by atoms with van der Waals surface area (Å²) in [5.41, 5.74) is 9.50. The second-order valence-electron chi connectivity index (χ2n) is 6.46. The molecule has 2 aromatic carbocycles. The largest absolute Gasteiger partial charge is 0.472 e. The third kappa shape index (κ3) is 9.16. The number of para-hydroxylation sites is 4. The summed E-state index contributed by atoms with van der Waals surface area (Å²) < 4.78 is 0. The number of rotatable bonds is 2. The standard InChI is InChI=1S/2C10H7N3S.2H2NO3.Pb/c2*1-2-4-8-7(3-1)12-10(13-8)9-5-14-6-11-9;2*2-1(3)4;/h2*1-6H,(H,12,13);2*(H2,2,3,4);/q;;2*+1;. The molecule has 17 heteroatoms. The number of aromatic nitrogens is 6. The topological polar surface area (TPSA) is 204 Å². The van der Waals surface area contributed by atoms with Gasteiger partial charge in [0.25, 0.3) is 0 Å². The maximum atomic E-state index is 8.47. The van der Waals surface area contributed by atoms with Crippen molar-refractivity contribution in [2.45, 2.75) is 0 Å². The van der Waals surface area contributed by atoms with Crippen LogP contribution in [0.5, 0.6) is 0 Å². The molecular formula is C20H18N8O6PbS2+2. The number of thiazole rings is 2. The molecule has 0 aliphatic carbocycles. The van der Waals surface area contributed by atoms with Crippen molar-refractivity contribution in [3.8, 4) is 23.0 Å². The van der Waals surface area contributed by atoms with Crippen molar-refractivity contribution in [1.29, 1.82) is 0 Å². The van der Waals surface area contributed by atoms with Gasteiger partial charge in [-0.1, -0.05) is 24.3 Å². The van der Waals surface area contributed by atoms with E-state index in [9.17, 15) is 0 Å². The summed E-state index contributed by atoms with van der Waals surface area (Å²) in [5, 5.41) is 29.0. The summed E-state index contributed by atoms with van der Waals surface area (Å²) in [6, 6.07) is 15.9. The molecule has 0 unspecified atom stereocenters. The van der Waals surface area contributed by atoms with Gasteiger partial charge in [0.15, 0.2) is 11.6 Å². The van der Waals surface area contributed by atoms with Gasteiger partial charge in [0.1, 0.15) is 21.2 Å². The molecule has 4 aromatic heterocycles. The molecule has 37 heavy (non-hydrogen) atoms. The summed E-state index contributed by atoms with van der Waals surface area (Å²) in [7, 11) is 0. The normalized spacial score (nSPS) is 9.51. The number of imidazole rings is 2. The van der Waals surface area contributed by atoms with E-state index in [1.165, 1.54) is 0 Å². The van der Waals surface area contributed by atoms with Crippen molar-refractivity contribution in [2.75, 3.05) is 0 Å². The van der Waals surface area contributed by atoms with Crippen molar-refractivity contribution >= 4 is 72.0 Å². The molecule has 6 N–H and O–H groups in total. The van der Waals surface area contributed by atoms with Gasteiger partial charge < -0.3 is 9.97 Å². The SMILES string of the molecule is O=[N+](O)O.O=[N+](O)O.[Pb].c1ccc2[nH]c(-c3cscn3)nc2c1.c1ccc2[nH]c(-c3cscn3)nc2c1. The minimum absolute atomic E-state index is 0. The van der Waals surface area contributed by atoms with E-state index in [4.69, 9.17) is 30.6 Å². The zero-order chi connectivity index (χ0) is 25.9. The van der Waals surface area contributed by atoms with Crippen LogP contribution in [0.1, 0.15) is 0 Å². The van der Waals surface area contributed by atoms with Crippen molar-refractivity contribution in [3.63, 3.8) is 0 Å². The van der Waals surface area contributed by atoms with E-state index in [0.29, 0.717) is 0 Å². The smallest absolute Gasteiger partial charge is 0.337 e. The number of hydrogen-bond acceptors (Lipinski definition) is 8. The van der Waals surface area contributed by atoms with Crippen LogP contribution in [0.3, 0.4) is 0 Å². The van der Waals surface area contributed by atoms with E-state index < -0.39 is 10.2 Å². The molecule has 0 fully saturated rings. The fourth-order valence-electron chi connectivity index (χ4n) is 2.81. The number of nitrogens with one attached hydrogen (secondary N) is 2. The predicted octanol–water partition coefficient (Wildman–Crippen LogP) is 4.08. The average molecular weight is 738 g/mol. The maximum absolute atomic E-state index is 8.47. The summed E-state index contributed by atoms with van der Waals surface area (Å²) >= 11 is 3.15. The van der Waals surface area contributed by atoms with Crippen LogP contribution in [0.25, 0.3) is 45.1 Å². The minimum atomic E-state index is -1.25. The molecule has 188 valence electrons. The van der Waals surface area contributed by atoms with Crippen molar-refractivity contribution in [3.05, 3.63) is 80.1 Å². The minimum Gasteiger partial charge on any atom is -0.337 e. The van der Waals surface area contributed by atoms with E-state index in [1.807, 2.05) is 70.3 Å². The van der Waals surface area contributed by atoms with Gasteiger partial charge in [0, 0.05) is 38.1 Å². The van der Waals surface area contributed by atoms with Gasteiger partial charge in [0.05, 0.1) is 33.1 Å². The monoisotopic (exact) mass is 738 g/mol. The van der Waals surface area contributed by atoms with Crippen molar-refractivity contribution in [2.24, 2.45) is 0 Å². The Morgan fingerprint density at radius 2 is 1.00 bits per heavy atom. The summed E-state index contributed by atoms with van der Waals surface area (Å²) in [4.78, 5) is 40.7. The second kappa shape index (κ2) is 14.5. The fraction of sp³-hybridized carbons (Fsp3) is 0. The molecule has 0 aliphatic heterocycles. The molecule has 4 heterocycles. The molecule has 4 radical (unpaired) electrons. The Morgan fingerprint density at radius 1 is 0.649 bits per heavy atom. The Labute approximate surface area is 235 Å². The van der Waals surface area contributed by atoms with E-state index >= 15 is 0 Å². The van der Waals surface area contributed by atoms with Gasteiger partial charge in [-0.15, -0.1) is 22.7 Å². The molecule has 0 aliphatic rings. The van der Waals surface area contributed by atoms with Crippen molar-refractivity contribution < 1.29 is 31.0 Å². The summed E-state index contributed by atoms with van der Waals surface area (Å²) in [5.74, 6) is 1.68. The first kappa shape index (κ1) is 29.2. The van der Waals surface area contributed by atoms with Crippen LogP contribution >= 0.6 is 22.7 Å². The zero-order valence-corrected chi connectivity index (χ0v) is 24.1. The predicted molar refractivity (Wildman–Crippen MR) is 135 cm³/mol. The average Bonchev–Trinajstić information content (AvgIpc) is 3.64. The van der Waals surface area contributed by atoms with E-state index in [-0.39, 0.29) is 27.3 Å². The van der Waals surface area contributed by atoms with Crippen LogP contribution < -0.4 is 0 Å². The van der Waals surface area contributed by atoms with Gasteiger partial charge in [-0.3, -0.25) is 0 Å². The number of benzene rings is 2. The molecule has 0 saturated carbocycles. The number of aromatic amines is 2. The maximum Gasteiger partial charge on any atom is 0.472 e. The molecule has 0 spiro atoms. The van der Waals surface area contributed by atoms with Gasteiger partial charge >= 0.3 is 10.2 Å². The molecule has 0 atom stereocenters. The Hall–Kier alpha value is -4.04. The number of nitrogens with zero attached hydrogens (tertiary/aromatic N) is 6. The summed E-state index contributed by atoms with van der Waals surface area (Å²) in [6.45, 7) is 0. The molecule has 14 nitrogen and oxygen atoms in total. The number of fused-ring (bicyclic) bond motifs is 2. The van der Waals surface area contributed by atoms with Crippen molar-refractivity contribution in [1.82, 2.24) is 29.9 Å². The second-order valence-corrected chi connectivity index (χ2v) is 7.90. The Kier molecular flexibility index (Phi) is 11.4. The van der Waals surface area contributed by atoms with Crippen LogP contribution in [0.2, 0.25) is 0 Å². The third-order valence-corrected chi connectivity index (χ3v) is 5.30. The van der Waals surface area contributed by atoms with Crippen LogP contribution in [0.15, 0.2) is 70.3 Å². The van der Waals surface area contributed by atoms with Gasteiger partial charge in [-0.05, 0) is 24.3 Å².